The minimum atomic E-state index is -1.67. The minimum absolute atomic E-state index is 0.726. The number of rotatable bonds is 10. The molecule has 0 spiro atoms. The molecular formula is C12H28O13Ti+2. The van der Waals surface area contributed by atoms with Crippen molar-refractivity contribution < 1.29 is 85.0 Å². The summed E-state index contributed by atoms with van der Waals surface area (Å²) in [6, 6.07) is 0. The van der Waals surface area contributed by atoms with E-state index < -0.39 is 75.3 Å². The van der Waals surface area contributed by atoms with Crippen molar-refractivity contribution in [3.05, 3.63) is 0 Å². The van der Waals surface area contributed by atoms with Crippen LogP contribution in [0, 0.1) is 0 Å². The van der Waals surface area contributed by atoms with Gasteiger partial charge in [-0.05, 0) is 0 Å². The molecule has 0 aromatic rings. The first-order valence-corrected chi connectivity index (χ1v) is 7.81. The molecule has 0 radical (unpaired) electrons. The topological polar surface area (TPSA) is 260 Å². The van der Waals surface area contributed by atoms with Crippen molar-refractivity contribution in [2.45, 2.75) is 48.8 Å². The summed E-state index contributed by atoms with van der Waals surface area (Å²) in [6.07, 6.45) is -12.8. The third-order valence-electron chi connectivity index (χ3n) is 3.02. The van der Waals surface area contributed by atoms with Crippen LogP contribution in [0.4, 0.5) is 0 Å². The van der Waals surface area contributed by atoms with Gasteiger partial charge in [0.05, 0.1) is 26.4 Å². The van der Waals surface area contributed by atoms with Crippen LogP contribution in [0.1, 0.15) is 0 Å². The summed E-state index contributed by atoms with van der Waals surface area (Å²) < 4.78 is 8.25. The molecule has 0 aliphatic heterocycles. The van der Waals surface area contributed by atoms with E-state index >= 15 is 0 Å². The second-order valence-corrected chi connectivity index (χ2v) is 4.96. The molecule has 0 rings (SSSR count). The van der Waals surface area contributed by atoms with Crippen molar-refractivity contribution in [3.63, 3.8) is 0 Å². The first kappa shape index (κ1) is 30.8. The van der Waals surface area contributed by atoms with Crippen molar-refractivity contribution >= 4 is 0 Å². The maximum atomic E-state index is 8.96. The Labute approximate surface area is 160 Å². The van der Waals surface area contributed by atoms with E-state index in [1.54, 1.807) is 0 Å². The average Bonchev–Trinajstić information content (AvgIpc) is 2.70. The maximum absolute atomic E-state index is 8.96. The molecule has 0 unspecified atom stereocenters. The van der Waals surface area contributed by atoms with E-state index in [-0.39, 0.29) is 0 Å². The van der Waals surface area contributed by atoms with Gasteiger partial charge in [0.25, 0.3) is 0 Å². The molecule has 0 saturated carbocycles. The monoisotopic (exact) mass is 428 g/mol. The Morgan fingerprint density at radius 2 is 0.538 bits per heavy atom. The number of aliphatic hydroxyl groups is 12. The van der Waals surface area contributed by atoms with Gasteiger partial charge < -0.3 is 61.3 Å². The van der Waals surface area contributed by atoms with Crippen LogP contribution in [0.5, 0.6) is 0 Å². The zero-order valence-electron chi connectivity index (χ0n) is 13.7. The summed E-state index contributed by atoms with van der Waals surface area (Å²) in [7, 11) is 0. The standard InChI is InChI=1S/2C6H14O6.O.Ti/c2*7-1-3(9)5(11)6(12)4(10)2-8;;/h2*3-12H,1-2H2;;/q;;;+2/t2*3-,4+,5-,6-;;/m11../s1. The van der Waals surface area contributed by atoms with Crippen LogP contribution in [-0.4, -0.2) is 137 Å². The van der Waals surface area contributed by atoms with Gasteiger partial charge in [-0.25, -0.2) is 0 Å². The van der Waals surface area contributed by atoms with Crippen LogP contribution in [0.25, 0.3) is 0 Å². The zero-order valence-corrected chi connectivity index (χ0v) is 15.3. The van der Waals surface area contributed by atoms with E-state index in [2.05, 4.69) is 0 Å². The van der Waals surface area contributed by atoms with Gasteiger partial charge in [0, 0.05) is 0 Å². The Balaban J connectivity index is -0.000000371. The van der Waals surface area contributed by atoms with E-state index in [9.17, 15) is 0 Å². The van der Waals surface area contributed by atoms with Crippen molar-refractivity contribution in [2.24, 2.45) is 0 Å². The van der Waals surface area contributed by atoms with Crippen LogP contribution >= 0.6 is 0 Å². The van der Waals surface area contributed by atoms with Gasteiger partial charge in [-0.15, -0.1) is 0 Å². The first-order chi connectivity index (χ1) is 12.1. The molecule has 0 fully saturated rings. The Bertz CT molecular complexity index is 257. The number of hydrogen-bond donors (Lipinski definition) is 12. The Hall–Kier alpha value is 0.0343. The molecule has 0 amide bonds. The van der Waals surface area contributed by atoms with Gasteiger partial charge in [0.1, 0.15) is 48.8 Å². The van der Waals surface area contributed by atoms with Gasteiger partial charge in [-0.3, -0.25) is 0 Å². The van der Waals surface area contributed by atoms with Crippen molar-refractivity contribution in [3.8, 4) is 0 Å². The van der Waals surface area contributed by atoms with Crippen LogP contribution < -0.4 is 0 Å². The van der Waals surface area contributed by atoms with Crippen LogP contribution in [-0.2, 0) is 23.7 Å². The predicted molar refractivity (Wildman–Crippen MR) is 77.1 cm³/mol. The van der Waals surface area contributed by atoms with Gasteiger partial charge >= 0.3 is 23.7 Å². The number of aliphatic hydroxyl groups excluding tert-OH is 12. The molecule has 0 bridgehead atoms. The second kappa shape index (κ2) is 18.4. The second-order valence-electron chi connectivity index (χ2n) is 4.96. The SMILES string of the molecule is OC[C@@H](O)[C@@H](O)[C@H](O)[C@@H](O)CO.OC[C@@H](O)[C@@H](O)[C@H](O)[C@@H](O)CO.[O]=[Ti+2]. The number of hydrogen-bond acceptors (Lipinski definition) is 13. The molecule has 0 saturated heterocycles. The average molecular weight is 428 g/mol. The van der Waals surface area contributed by atoms with E-state index in [4.69, 9.17) is 64.6 Å². The summed E-state index contributed by atoms with van der Waals surface area (Å²) in [6.45, 7) is -2.90. The fraction of sp³-hybridized carbons (Fsp3) is 1.00. The molecule has 14 heteroatoms. The Kier molecular flexibility index (Phi) is 21.8. The van der Waals surface area contributed by atoms with Crippen LogP contribution in [0.15, 0.2) is 0 Å². The molecule has 0 aromatic carbocycles. The molecule has 12 N–H and O–H groups in total. The molecular weight excluding hydrogens is 400 g/mol. The molecule has 26 heavy (non-hydrogen) atoms. The Morgan fingerprint density at radius 3 is 0.615 bits per heavy atom. The van der Waals surface area contributed by atoms with Gasteiger partial charge in [-0.1, -0.05) is 0 Å². The zero-order chi connectivity index (χ0) is 21.4. The third kappa shape index (κ3) is 12.4. The fourth-order valence-corrected chi connectivity index (χ4v) is 1.34. The summed E-state index contributed by atoms with van der Waals surface area (Å²) in [5.41, 5.74) is 0. The fourth-order valence-electron chi connectivity index (χ4n) is 1.34. The first-order valence-electron chi connectivity index (χ1n) is 7.17. The Morgan fingerprint density at radius 1 is 0.423 bits per heavy atom. The normalized spacial score (nSPS) is 20.1. The summed E-state index contributed by atoms with van der Waals surface area (Å²) in [5, 5.41) is 104. The van der Waals surface area contributed by atoms with Crippen molar-refractivity contribution in [1.29, 1.82) is 0 Å². The van der Waals surface area contributed by atoms with Gasteiger partial charge in [0.15, 0.2) is 0 Å². The van der Waals surface area contributed by atoms with E-state index in [0.29, 0.717) is 0 Å². The van der Waals surface area contributed by atoms with Crippen molar-refractivity contribution in [2.75, 3.05) is 26.4 Å². The molecule has 13 nitrogen and oxygen atoms in total. The molecule has 156 valence electrons. The molecule has 8 atom stereocenters. The van der Waals surface area contributed by atoms with Crippen LogP contribution in [0.2, 0.25) is 0 Å². The summed E-state index contributed by atoms with van der Waals surface area (Å²) >= 11 is 0.750. The van der Waals surface area contributed by atoms with Gasteiger partial charge in [0.2, 0.25) is 0 Å². The molecule has 0 heterocycles. The molecule has 0 aromatic heterocycles. The van der Waals surface area contributed by atoms with E-state index in [1.807, 2.05) is 0 Å². The molecule has 0 aliphatic carbocycles. The summed E-state index contributed by atoms with van der Waals surface area (Å²) in [5.74, 6) is 0. The van der Waals surface area contributed by atoms with Gasteiger partial charge in [-0.2, -0.15) is 0 Å². The quantitative estimate of drug-likeness (QED) is 0.145. The predicted octanol–water partition coefficient (Wildman–Crippen LogP) is -7.29. The molecule has 0 aliphatic rings. The van der Waals surface area contributed by atoms with E-state index in [1.165, 1.54) is 0 Å². The van der Waals surface area contributed by atoms with Crippen molar-refractivity contribution in [1.82, 2.24) is 0 Å². The van der Waals surface area contributed by atoms with Crippen LogP contribution in [0.3, 0.4) is 0 Å². The third-order valence-corrected chi connectivity index (χ3v) is 3.02. The summed E-state index contributed by atoms with van der Waals surface area (Å²) in [4.78, 5) is 0. The van der Waals surface area contributed by atoms with E-state index in [0.717, 1.165) is 20.4 Å².